The van der Waals surface area contributed by atoms with Gasteiger partial charge in [-0.05, 0) is 46.9 Å². The number of hydrogen-bond acceptors (Lipinski definition) is 1. The van der Waals surface area contributed by atoms with Gasteiger partial charge in [0.2, 0.25) is 0 Å². The van der Waals surface area contributed by atoms with Crippen molar-refractivity contribution in [1.29, 1.82) is 0 Å². The Morgan fingerprint density at radius 2 is 1.58 bits per heavy atom. The van der Waals surface area contributed by atoms with E-state index in [1.54, 1.807) is 12.4 Å². The largest absolute Gasteiger partial charge is 0.265 e. The van der Waals surface area contributed by atoms with Crippen LogP contribution >= 0.6 is 0 Å². The Bertz CT molecular complexity index is 628. The second-order valence-corrected chi connectivity index (χ2v) is 4.51. The van der Waals surface area contributed by atoms with Gasteiger partial charge >= 0.3 is 0 Å². The molecule has 0 aliphatic heterocycles. The van der Waals surface area contributed by atoms with Crippen molar-refractivity contribution in [3.8, 4) is 11.1 Å². The molecule has 0 unspecified atom stereocenters. The van der Waals surface area contributed by atoms with E-state index in [-0.39, 0.29) is 0 Å². The van der Waals surface area contributed by atoms with Crippen molar-refractivity contribution < 1.29 is 0 Å². The van der Waals surface area contributed by atoms with Gasteiger partial charge in [0.05, 0.1) is 0 Å². The molecule has 2 aromatic carbocycles. The van der Waals surface area contributed by atoms with E-state index in [9.17, 15) is 0 Å². The maximum Gasteiger partial charge on any atom is 0.0273 e. The minimum absolute atomic E-state index is 0.952. The lowest BCUT2D eigenvalue weighted by Gasteiger charge is -2.04. The van der Waals surface area contributed by atoms with Crippen molar-refractivity contribution in [3.05, 3.63) is 90.3 Å². The van der Waals surface area contributed by atoms with Gasteiger partial charge in [0.15, 0.2) is 0 Å². The van der Waals surface area contributed by atoms with E-state index < -0.39 is 0 Å². The van der Waals surface area contributed by atoms with Crippen molar-refractivity contribution in [3.63, 3.8) is 0 Å². The summed E-state index contributed by atoms with van der Waals surface area (Å²) in [7, 11) is 0. The Hall–Kier alpha value is -2.41. The highest BCUT2D eigenvalue weighted by atomic mass is 14.6. The molecule has 1 radical (unpaired) electrons. The average Bonchev–Trinajstić information content (AvgIpc) is 2.50. The first-order valence-corrected chi connectivity index (χ1v) is 6.37. The molecule has 0 spiro atoms. The van der Waals surface area contributed by atoms with Crippen LogP contribution in [0.2, 0.25) is 0 Å². The van der Waals surface area contributed by atoms with Gasteiger partial charge in [0, 0.05) is 12.4 Å². The number of nitrogens with zero attached hydrogens (tertiary/aromatic N) is 1. The van der Waals surface area contributed by atoms with E-state index in [1.807, 2.05) is 18.2 Å². The molecule has 0 aliphatic rings. The SMILES string of the molecule is [c]1cc(Cc2ccccc2)ccc1-c1ccncc1. The molecule has 0 aliphatic carbocycles. The monoisotopic (exact) mass is 244 g/mol. The fourth-order valence-corrected chi connectivity index (χ4v) is 2.11. The quantitative estimate of drug-likeness (QED) is 0.674. The van der Waals surface area contributed by atoms with Crippen LogP contribution < -0.4 is 0 Å². The molecule has 0 fully saturated rings. The zero-order valence-electron chi connectivity index (χ0n) is 10.6. The Labute approximate surface area is 113 Å². The lowest BCUT2D eigenvalue weighted by molar-refractivity contribution is 1.19. The fourth-order valence-electron chi connectivity index (χ4n) is 2.11. The zero-order chi connectivity index (χ0) is 12.9. The second kappa shape index (κ2) is 5.49. The molecule has 0 atom stereocenters. The average molecular weight is 244 g/mol. The molecule has 19 heavy (non-hydrogen) atoms. The summed E-state index contributed by atoms with van der Waals surface area (Å²) in [6.07, 6.45) is 4.57. The van der Waals surface area contributed by atoms with Crippen molar-refractivity contribution >= 4 is 0 Å². The van der Waals surface area contributed by atoms with Crippen LogP contribution in [0.1, 0.15) is 11.1 Å². The predicted molar refractivity (Wildman–Crippen MR) is 77.8 cm³/mol. The van der Waals surface area contributed by atoms with E-state index in [1.165, 1.54) is 11.1 Å². The summed E-state index contributed by atoms with van der Waals surface area (Å²) in [6, 6.07) is 24.2. The molecule has 0 saturated heterocycles. The molecule has 0 N–H and O–H groups in total. The third kappa shape index (κ3) is 2.89. The first-order valence-electron chi connectivity index (χ1n) is 6.37. The lowest BCUT2D eigenvalue weighted by Crippen LogP contribution is -1.88. The Kier molecular flexibility index (Phi) is 3.37. The number of rotatable bonds is 3. The van der Waals surface area contributed by atoms with Gasteiger partial charge in [-0.15, -0.1) is 0 Å². The normalized spacial score (nSPS) is 10.3. The Morgan fingerprint density at radius 3 is 2.26 bits per heavy atom. The highest BCUT2D eigenvalue weighted by Gasteiger charge is 1.99. The van der Waals surface area contributed by atoms with Crippen LogP contribution in [0.25, 0.3) is 11.1 Å². The Balaban J connectivity index is 1.80. The maximum atomic E-state index is 4.03. The van der Waals surface area contributed by atoms with E-state index >= 15 is 0 Å². The van der Waals surface area contributed by atoms with Crippen LogP contribution in [0.3, 0.4) is 0 Å². The molecular weight excluding hydrogens is 230 g/mol. The zero-order valence-corrected chi connectivity index (χ0v) is 10.6. The molecule has 0 amide bonds. The molecular formula is C18H14N. The van der Waals surface area contributed by atoms with Crippen LogP contribution in [0.5, 0.6) is 0 Å². The van der Waals surface area contributed by atoms with Gasteiger partial charge in [-0.1, -0.05) is 48.5 Å². The van der Waals surface area contributed by atoms with E-state index in [4.69, 9.17) is 0 Å². The van der Waals surface area contributed by atoms with E-state index in [0.717, 1.165) is 17.5 Å². The first-order chi connectivity index (χ1) is 9.42. The van der Waals surface area contributed by atoms with Crippen LogP contribution in [0.4, 0.5) is 0 Å². The van der Waals surface area contributed by atoms with Crippen molar-refractivity contribution in [2.24, 2.45) is 0 Å². The predicted octanol–water partition coefficient (Wildman–Crippen LogP) is 4.14. The Morgan fingerprint density at radius 1 is 0.789 bits per heavy atom. The van der Waals surface area contributed by atoms with Crippen molar-refractivity contribution in [1.82, 2.24) is 4.98 Å². The van der Waals surface area contributed by atoms with Crippen LogP contribution in [-0.4, -0.2) is 4.98 Å². The van der Waals surface area contributed by atoms with Gasteiger partial charge < -0.3 is 0 Å². The number of aromatic nitrogens is 1. The van der Waals surface area contributed by atoms with E-state index in [2.05, 4.69) is 53.5 Å². The third-order valence-corrected chi connectivity index (χ3v) is 3.12. The van der Waals surface area contributed by atoms with Crippen molar-refractivity contribution in [2.45, 2.75) is 6.42 Å². The van der Waals surface area contributed by atoms with Gasteiger partial charge in [-0.25, -0.2) is 0 Å². The van der Waals surface area contributed by atoms with Gasteiger partial charge in [-0.3, -0.25) is 4.98 Å². The minimum Gasteiger partial charge on any atom is -0.265 e. The second-order valence-electron chi connectivity index (χ2n) is 4.51. The van der Waals surface area contributed by atoms with Gasteiger partial charge in [0.25, 0.3) is 0 Å². The summed E-state index contributed by atoms with van der Waals surface area (Å²) in [5.74, 6) is 0. The number of pyridine rings is 1. The summed E-state index contributed by atoms with van der Waals surface area (Å²) in [5, 5.41) is 0. The molecule has 0 bridgehead atoms. The van der Waals surface area contributed by atoms with Gasteiger partial charge in [-0.2, -0.15) is 0 Å². The highest BCUT2D eigenvalue weighted by Crippen LogP contribution is 2.19. The van der Waals surface area contributed by atoms with Crippen LogP contribution in [-0.2, 0) is 6.42 Å². The van der Waals surface area contributed by atoms with Gasteiger partial charge in [0.1, 0.15) is 0 Å². The first kappa shape index (κ1) is 11.7. The smallest absolute Gasteiger partial charge is 0.0273 e. The molecule has 1 heteroatoms. The third-order valence-electron chi connectivity index (χ3n) is 3.12. The van der Waals surface area contributed by atoms with E-state index in [0.29, 0.717) is 0 Å². The topological polar surface area (TPSA) is 12.9 Å². The molecule has 1 heterocycles. The molecule has 91 valence electrons. The van der Waals surface area contributed by atoms with Crippen LogP contribution in [0.15, 0.2) is 73.1 Å². The summed E-state index contributed by atoms with van der Waals surface area (Å²) < 4.78 is 0. The highest BCUT2D eigenvalue weighted by molar-refractivity contribution is 5.62. The molecule has 0 saturated carbocycles. The lowest BCUT2D eigenvalue weighted by atomic mass is 10.0. The molecule has 3 rings (SSSR count). The summed E-state index contributed by atoms with van der Waals surface area (Å²) in [6.45, 7) is 0. The molecule has 1 aromatic heterocycles. The minimum atomic E-state index is 0.952. The fraction of sp³-hybridized carbons (Fsp3) is 0.0556. The molecule has 1 nitrogen and oxygen atoms in total. The van der Waals surface area contributed by atoms with Crippen molar-refractivity contribution in [2.75, 3.05) is 0 Å². The molecule has 3 aromatic rings. The van der Waals surface area contributed by atoms with Crippen LogP contribution in [0, 0.1) is 6.07 Å². The number of benzene rings is 2. The summed E-state index contributed by atoms with van der Waals surface area (Å²) >= 11 is 0. The maximum absolute atomic E-state index is 4.03. The summed E-state index contributed by atoms with van der Waals surface area (Å²) in [5.41, 5.74) is 4.87. The number of hydrogen-bond donors (Lipinski definition) is 0. The standard InChI is InChI=1S/C18H14N/c1-2-4-15(5-3-1)14-16-6-8-17(9-7-16)18-10-12-19-13-11-18/h1-8,10-13H,14H2. The summed E-state index contributed by atoms with van der Waals surface area (Å²) in [4.78, 5) is 4.03.